The minimum atomic E-state index is 0. The van der Waals surface area contributed by atoms with E-state index in [4.69, 9.17) is 0 Å². The van der Waals surface area contributed by atoms with Gasteiger partial charge in [0.1, 0.15) is 0 Å². The van der Waals surface area contributed by atoms with Gasteiger partial charge in [0.15, 0.2) is 5.96 Å². The molecule has 0 saturated carbocycles. The summed E-state index contributed by atoms with van der Waals surface area (Å²) in [6, 6.07) is 6.33. The molecule has 0 aliphatic heterocycles. The number of rotatable bonds is 6. The van der Waals surface area contributed by atoms with E-state index in [0.29, 0.717) is 6.54 Å². The number of nitrogens with zero attached hydrogens (tertiary/aromatic N) is 4. The zero-order valence-corrected chi connectivity index (χ0v) is 19.0. The van der Waals surface area contributed by atoms with Crippen molar-refractivity contribution >= 4 is 52.6 Å². The number of aromatic nitrogens is 3. The Morgan fingerprint density at radius 3 is 2.77 bits per heavy atom. The normalized spacial score (nSPS) is 11.3. The molecule has 0 unspecified atom stereocenters. The van der Waals surface area contributed by atoms with Crippen LogP contribution in [0.15, 0.2) is 34.8 Å². The Morgan fingerprint density at radius 2 is 2.12 bits per heavy atom. The van der Waals surface area contributed by atoms with Crippen molar-refractivity contribution in [2.24, 2.45) is 12.0 Å². The van der Waals surface area contributed by atoms with E-state index in [1.54, 1.807) is 35.9 Å². The van der Waals surface area contributed by atoms with Gasteiger partial charge in [-0.2, -0.15) is 5.10 Å². The Morgan fingerprint density at radius 1 is 1.27 bits per heavy atom. The third-order valence-corrected chi connectivity index (χ3v) is 5.72. The van der Waals surface area contributed by atoms with E-state index in [1.807, 2.05) is 24.7 Å². The Labute approximate surface area is 178 Å². The van der Waals surface area contributed by atoms with Crippen molar-refractivity contribution in [3.05, 3.63) is 45.4 Å². The molecule has 26 heavy (non-hydrogen) atoms. The third kappa shape index (κ3) is 5.52. The molecule has 0 radical (unpaired) electrons. The monoisotopic (exact) mass is 502 g/mol. The van der Waals surface area contributed by atoms with Gasteiger partial charge in [-0.15, -0.1) is 46.7 Å². The van der Waals surface area contributed by atoms with Crippen LogP contribution in [-0.4, -0.2) is 34.3 Å². The van der Waals surface area contributed by atoms with Crippen molar-refractivity contribution in [2.45, 2.75) is 19.9 Å². The van der Waals surface area contributed by atoms with Gasteiger partial charge in [-0.1, -0.05) is 0 Å². The van der Waals surface area contributed by atoms with E-state index < -0.39 is 0 Å². The maximum Gasteiger partial charge on any atom is 0.191 e. The van der Waals surface area contributed by atoms with E-state index >= 15 is 0 Å². The summed E-state index contributed by atoms with van der Waals surface area (Å²) < 4.78 is 1.85. The van der Waals surface area contributed by atoms with Crippen molar-refractivity contribution in [1.29, 1.82) is 0 Å². The van der Waals surface area contributed by atoms with Crippen molar-refractivity contribution in [3.63, 3.8) is 0 Å². The van der Waals surface area contributed by atoms with E-state index in [1.165, 1.54) is 9.75 Å². The van der Waals surface area contributed by atoms with Gasteiger partial charge < -0.3 is 10.6 Å². The lowest BCUT2D eigenvalue weighted by atomic mass is 10.3. The molecule has 0 aromatic carbocycles. The number of thiazole rings is 1. The fourth-order valence-electron chi connectivity index (χ4n) is 2.40. The molecule has 140 valence electrons. The summed E-state index contributed by atoms with van der Waals surface area (Å²) in [5.41, 5.74) is 2.20. The minimum Gasteiger partial charge on any atom is -0.356 e. The van der Waals surface area contributed by atoms with Crippen LogP contribution in [0.25, 0.3) is 10.6 Å². The number of nitrogens with one attached hydrogen (secondary N) is 2. The van der Waals surface area contributed by atoms with Gasteiger partial charge in [-0.3, -0.25) is 9.67 Å². The van der Waals surface area contributed by atoms with Crippen molar-refractivity contribution < 1.29 is 0 Å². The molecule has 0 aliphatic rings. The average Bonchev–Trinajstić information content (AvgIpc) is 3.32. The SMILES string of the molecule is CN=C(NCCc1ccc(-c2csc(C)n2)s1)NCc1ccnn1C.I. The lowest BCUT2D eigenvalue weighted by Crippen LogP contribution is -2.38. The van der Waals surface area contributed by atoms with Crippen LogP contribution >= 0.6 is 46.7 Å². The molecule has 0 saturated heterocycles. The summed E-state index contributed by atoms with van der Waals surface area (Å²) in [5, 5.41) is 14.1. The highest BCUT2D eigenvalue weighted by Gasteiger charge is 2.07. The molecule has 0 fully saturated rings. The first-order valence-corrected chi connectivity index (χ1v) is 9.78. The first-order valence-electron chi connectivity index (χ1n) is 8.08. The van der Waals surface area contributed by atoms with Crippen LogP contribution in [0.4, 0.5) is 0 Å². The summed E-state index contributed by atoms with van der Waals surface area (Å²) in [4.78, 5) is 11.4. The predicted molar refractivity (Wildman–Crippen MR) is 121 cm³/mol. The van der Waals surface area contributed by atoms with Gasteiger partial charge in [0.25, 0.3) is 0 Å². The molecule has 0 aliphatic carbocycles. The van der Waals surface area contributed by atoms with Crippen molar-refractivity contribution in [2.75, 3.05) is 13.6 Å². The summed E-state index contributed by atoms with van der Waals surface area (Å²) >= 11 is 3.50. The molecule has 0 atom stereocenters. The number of thiophene rings is 1. The van der Waals surface area contributed by atoms with E-state index in [9.17, 15) is 0 Å². The Kier molecular flexibility index (Phi) is 8.04. The standard InChI is InChI=1S/C17H22N6S2.HI/c1-12-22-15(11-24-12)16-5-4-14(25-16)7-8-19-17(18-2)20-10-13-6-9-21-23(13)3;/h4-6,9,11H,7-8,10H2,1-3H3,(H2,18,19,20);1H. The number of guanidine groups is 1. The van der Waals surface area contributed by atoms with Gasteiger partial charge in [-0.25, -0.2) is 4.98 Å². The van der Waals surface area contributed by atoms with Crippen LogP contribution in [0.5, 0.6) is 0 Å². The molecule has 9 heteroatoms. The molecule has 6 nitrogen and oxygen atoms in total. The first kappa shape index (κ1) is 20.8. The highest BCUT2D eigenvalue weighted by molar-refractivity contribution is 14.0. The fraction of sp³-hybridized carbons (Fsp3) is 0.353. The lowest BCUT2D eigenvalue weighted by molar-refractivity contribution is 0.684. The molecule has 2 N–H and O–H groups in total. The van der Waals surface area contributed by atoms with Crippen LogP contribution in [0.2, 0.25) is 0 Å². The largest absolute Gasteiger partial charge is 0.356 e. The molecule has 3 rings (SSSR count). The van der Waals surface area contributed by atoms with Gasteiger partial charge >= 0.3 is 0 Å². The second-order valence-corrected chi connectivity index (χ2v) is 7.80. The number of hydrogen-bond acceptors (Lipinski definition) is 5. The fourth-order valence-corrected chi connectivity index (χ4v) is 4.06. The van der Waals surface area contributed by atoms with Crippen LogP contribution in [0, 0.1) is 6.92 Å². The van der Waals surface area contributed by atoms with Crippen LogP contribution in [-0.2, 0) is 20.0 Å². The maximum atomic E-state index is 4.55. The maximum absolute atomic E-state index is 4.55. The average molecular weight is 502 g/mol. The predicted octanol–water partition coefficient (Wildman–Crippen LogP) is 3.44. The Balaban J connectivity index is 0.00000243. The highest BCUT2D eigenvalue weighted by Crippen LogP contribution is 2.29. The summed E-state index contributed by atoms with van der Waals surface area (Å²) in [6.07, 6.45) is 2.76. The molecule has 3 aromatic rings. The second kappa shape index (κ2) is 10.0. The zero-order chi connectivity index (χ0) is 17.6. The molecule has 0 amide bonds. The van der Waals surface area contributed by atoms with Gasteiger partial charge in [0, 0.05) is 37.1 Å². The smallest absolute Gasteiger partial charge is 0.191 e. The van der Waals surface area contributed by atoms with Crippen molar-refractivity contribution in [1.82, 2.24) is 25.4 Å². The third-order valence-electron chi connectivity index (χ3n) is 3.78. The molecular formula is C17H23IN6S2. The van der Waals surface area contributed by atoms with Crippen LogP contribution < -0.4 is 10.6 Å². The molecule has 3 aromatic heterocycles. The molecule has 0 bridgehead atoms. The Bertz CT molecular complexity index is 851. The summed E-state index contributed by atoms with van der Waals surface area (Å²) in [6.45, 7) is 3.57. The first-order chi connectivity index (χ1) is 12.2. The molecule has 0 spiro atoms. The van der Waals surface area contributed by atoms with E-state index in [2.05, 4.69) is 43.2 Å². The quantitative estimate of drug-likeness (QED) is 0.308. The van der Waals surface area contributed by atoms with Gasteiger partial charge in [0.05, 0.1) is 27.8 Å². The second-order valence-electron chi connectivity index (χ2n) is 5.57. The molecule has 3 heterocycles. The summed E-state index contributed by atoms with van der Waals surface area (Å²) in [5.74, 6) is 0.799. The topological polar surface area (TPSA) is 67.1 Å². The van der Waals surface area contributed by atoms with Crippen molar-refractivity contribution in [3.8, 4) is 10.6 Å². The number of halogens is 1. The number of hydrogen-bond donors (Lipinski definition) is 2. The van der Waals surface area contributed by atoms with Gasteiger partial charge in [0.2, 0.25) is 0 Å². The summed E-state index contributed by atoms with van der Waals surface area (Å²) in [7, 11) is 3.72. The van der Waals surface area contributed by atoms with Crippen LogP contribution in [0.3, 0.4) is 0 Å². The Hall–Kier alpha value is -1.46. The van der Waals surface area contributed by atoms with E-state index in [0.717, 1.165) is 35.3 Å². The number of aryl methyl sites for hydroxylation is 2. The highest BCUT2D eigenvalue weighted by atomic mass is 127. The molecular weight excluding hydrogens is 479 g/mol. The van der Waals surface area contributed by atoms with Crippen LogP contribution in [0.1, 0.15) is 15.6 Å². The zero-order valence-electron chi connectivity index (χ0n) is 15.0. The lowest BCUT2D eigenvalue weighted by Gasteiger charge is -2.11. The van der Waals surface area contributed by atoms with E-state index in [-0.39, 0.29) is 24.0 Å². The minimum absolute atomic E-state index is 0. The number of aliphatic imine (C=N–C) groups is 1. The van der Waals surface area contributed by atoms with Gasteiger partial charge in [-0.05, 0) is 31.5 Å².